The van der Waals surface area contributed by atoms with Gasteiger partial charge in [-0.2, -0.15) is 12.7 Å². The number of carbonyl (C=O) groups excluding carboxylic acids is 1. The topological polar surface area (TPSA) is 109 Å². The number of hydrogen-bond acceptors (Lipinski definition) is 6. The first kappa shape index (κ1) is 24.6. The van der Waals surface area contributed by atoms with Gasteiger partial charge in [0.05, 0.1) is 11.3 Å². The number of rotatable bonds is 5. The average molecular weight is 488 g/mol. The van der Waals surface area contributed by atoms with E-state index in [-0.39, 0.29) is 25.1 Å². The molecule has 2 aliphatic rings. The lowest BCUT2D eigenvalue weighted by atomic mass is 9.97. The number of benzene rings is 1. The van der Waals surface area contributed by atoms with Gasteiger partial charge in [0, 0.05) is 38.2 Å². The van der Waals surface area contributed by atoms with Gasteiger partial charge in [-0.15, -0.1) is 0 Å². The van der Waals surface area contributed by atoms with Gasteiger partial charge in [0.25, 0.3) is 5.91 Å². The molecule has 2 fully saturated rings. The maximum atomic E-state index is 13.3. The molecule has 1 aromatic heterocycles. The van der Waals surface area contributed by atoms with Crippen LogP contribution in [0.25, 0.3) is 11.3 Å². The van der Waals surface area contributed by atoms with E-state index in [4.69, 9.17) is 10.7 Å². The fraction of sp³-hybridized carbons (Fsp3) is 0.520. The van der Waals surface area contributed by atoms with Crippen LogP contribution in [0.4, 0.5) is 5.82 Å². The first-order chi connectivity index (χ1) is 15.9. The van der Waals surface area contributed by atoms with E-state index in [1.165, 1.54) is 4.31 Å². The fourth-order valence-corrected chi connectivity index (χ4v) is 6.39. The van der Waals surface area contributed by atoms with Crippen molar-refractivity contribution in [3.8, 4) is 11.3 Å². The fourth-order valence-electron chi connectivity index (χ4n) is 5.18. The molecule has 0 radical (unpaired) electrons. The minimum absolute atomic E-state index is 0. The van der Waals surface area contributed by atoms with E-state index < -0.39 is 16.1 Å². The molecule has 9 heteroatoms. The van der Waals surface area contributed by atoms with Crippen molar-refractivity contribution < 1.29 is 14.6 Å². The molecule has 2 aliphatic heterocycles. The highest BCUT2D eigenvalue weighted by molar-refractivity contribution is 7.87. The molecular formula is C25H37N5O3S. The number of pyridine rings is 1. The third-order valence-corrected chi connectivity index (χ3v) is 8.53. The molecule has 3 heterocycles. The summed E-state index contributed by atoms with van der Waals surface area (Å²) in [5, 5.41) is 0. The van der Waals surface area contributed by atoms with E-state index in [0.717, 1.165) is 35.3 Å². The summed E-state index contributed by atoms with van der Waals surface area (Å²) in [7, 11) is -3.99. The molecular weight excluding hydrogens is 450 g/mol. The molecule has 2 aromatic rings. The van der Waals surface area contributed by atoms with Crippen LogP contribution in [0.3, 0.4) is 0 Å². The summed E-state index contributed by atoms with van der Waals surface area (Å²) >= 11 is 0. The molecule has 1 amide bonds. The monoisotopic (exact) mass is 487 g/mol. The van der Waals surface area contributed by atoms with Crippen molar-refractivity contribution in [2.45, 2.75) is 59.0 Å². The summed E-state index contributed by atoms with van der Waals surface area (Å²) in [4.78, 5) is 20.4. The van der Waals surface area contributed by atoms with Crippen molar-refractivity contribution in [2.75, 3.05) is 24.5 Å². The number of nitrogens with zero attached hydrogens (tertiary/aromatic N) is 3. The highest BCUT2D eigenvalue weighted by Gasteiger charge is 2.40. The van der Waals surface area contributed by atoms with E-state index in [2.05, 4.69) is 50.3 Å². The summed E-state index contributed by atoms with van der Waals surface area (Å²) < 4.78 is 29.2. The predicted octanol–water partition coefficient (Wildman–Crippen LogP) is 3.24. The van der Waals surface area contributed by atoms with Crippen molar-refractivity contribution in [2.24, 2.45) is 11.7 Å². The van der Waals surface area contributed by atoms with Crippen LogP contribution in [0, 0.1) is 19.8 Å². The van der Waals surface area contributed by atoms with E-state index in [9.17, 15) is 13.2 Å². The molecule has 3 N–H and O–H groups in total. The second kappa shape index (κ2) is 8.94. The SMILES string of the molecule is Cc1cccc(-c2ccc(C(=O)NS(=O)(=O)N3CC[C@H](N)C3)c(N3C[C@@H](C)CC3(C)C)n2)c1C.[HH]. The lowest BCUT2D eigenvalue weighted by molar-refractivity contribution is 0.0979. The zero-order valence-corrected chi connectivity index (χ0v) is 21.4. The number of aryl methyl sites for hydroxylation is 1. The summed E-state index contributed by atoms with van der Waals surface area (Å²) in [6, 6.07) is 9.35. The standard InChI is InChI=1S/C25H35N5O3S.H2/c1-16-13-25(4,5)30(14-16)23-21(24(31)28-34(32,33)29-12-11-19(26)15-29)9-10-22(27-23)20-8-6-7-17(2)18(20)3;/h6-10,16,19H,11-15,26H2,1-5H3,(H,28,31);1H/t16-,19-;/m0./s1. The maximum absolute atomic E-state index is 13.3. The number of nitrogens with two attached hydrogens (primary N) is 1. The molecule has 2 saturated heterocycles. The molecule has 2 atom stereocenters. The van der Waals surface area contributed by atoms with E-state index in [1.54, 1.807) is 12.1 Å². The van der Waals surface area contributed by atoms with E-state index in [0.29, 0.717) is 24.7 Å². The lowest BCUT2D eigenvalue weighted by Gasteiger charge is -2.34. The summed E-state index contributed by atoms with van der Waals surface area (Å²) in [6.07, 6.45) is 1.53. The van der Waals surface area contributed by atoms with Gasteiger partial charge in [-0.25, -0.2) is 9.71 Å². The molecule has 0 unspecified atom stereocenters. The van der Waals surface area contributed by atoms with Gasteiger partial charge in [-0.1, -0.05) is 25.1 Å². The Kier molecular flexibility index (Phi) is 6.48. The van der Waals surface area contributed by atoms with Gasteiger partial charge in [-0.3, -0.25) is 4.79 Å². The first-order valence-electron chi connectivity index (χ1n) is 11.8. The highest BCUT2D eigenvalue weighted by Crippen LogP contribution is 2.38. The number of anilines is 1. The first-order valence-corrected chi connectivity index (χ1v) is 13.3. The van der Waals surface area contributed by atoms with Crippen LogP contribution in [0.1, 0.15) is 56.5 Å². The van der Waals surface area contributed by atoms with Gasteiger partial charge in [0.1, 0.15) is 5.82 Å². The van der Waals surface area contributed by atoms with E-state index >= 15 is 0 Å². The Morgan fingerprint density at radius 2 is 1.94 bits per heavy atom. The van der Waals surface area contributed by atoms with Crippen molar-refractivity contribution >= 4 is 21.9 Å². The normalized spacial score (nSPS) is 22.8. The third-order valence-electron chi connectivity index (χ3n) is 7.08. The molecule has 0 saturated carbocycles. The maximum Gasteiger partial charge on any atom is 0.304 e. The Balaban J connectivity index is 0.00000342. The summed E-state index contributed by atoms with van der Waals surface area (Å²) in [5.41, 5.74) is 9.95. The summed E-state index contributed by atoms with van der Waals surface area (Å²) in [5.74, 6) is 0.260. The van der Waals surface area contributed by atoms with Crippen LogP contribution in [-0.2, 0) is 10.2 Å². The van der Waals surface area contributed by atoms with Crippen molar-refractivity contribution in [3.05, 3.63) is 47.0 Å². The Morgan fingerprint density at radius 3 is 2.56 bits per heavy atom. The zero-order chi connectivity index (χ0) is 24.8. The highest BCUT2D eigenvalue weighted by atomic mass is 32.2. The van der Waals surface area contributed by atoms with Crippen LogP contribution in [0.5, 0.6) is 0 Å². The molecule has 8 nitrogen and oxygen atoms in total. The number of nitrogens with one attached hydrogen (secondary N) is 1. The number of hydrogen-bond donors (Lipinski definition) is 2. The number of amides is 1. The Bertz CT molecular complexity index is 1220. The van der Waals surface area contributed by atoms with Crippen LogP contribution in [0.2, 0.25) is 0 Å². The Labute approximate surface area is 204 Å². The molecule has 1 aromatic carbocycles. The van der Waals surface area contributed by atoms with Crippen LogP contribution in [-0.4, -0.2) is 54.8 Å². The third kappa shape index (κ3) is 4.69. The van der Waals surface area contributed by atoms with Crippen LogP contribution >= 0.6 is 0 Å². The second-order valence-electron chi connectivity index (χ2n) is 10.4. The van der Waals surface area contributed by atoms with Gasteiger partial charge >= 0.3 is 10.2 Å². The zero-order valence-electron chi connectivity index (χ0n) is 20.6. The smallest absolute Gasteiger partial charge is 0.304 e. The molecule has 186 valence electrons. The summed E-state index contributed by atoms with van der Waals surface area (Å²) in [6.45, 7) is 11.8. The van der Waals surface area contributed by atoms with Crippen molar-refractivity contribution in [3.63, 3.8) is 0 Å². The Hall–Kier alpha value is -2.49. The predicted molar refractivity (Wildman–Crippen MR) is 137 cm³/mol. The van der Waals surface area contributed by atoms with Crippen molar-refractivity contribution in [1.82, 2.24) is 14.0 Å². The minimum Gasteiger partial charge on any atom is -0.351 e. The number of carbonyl (C=O) groups is 1. The van der Waals surface area contributed by atoms with Crippen LogP contribution < -0.4 is 15.4 Å². The molecule has 34 heavy (non-hydrogen) atoms. The number of aromatic nitrogens is 1. The lowest BCUT2D eigenvalue weighted by Crippen LogP contribution is -2.44. The molecule has 0 bridgehead atoms. The van der Waals surface area contributed by atoms with Gasteiger partial charge < -0.3 is 10.6 Å². The average Bonchev–Trinajstić information content (AvgIpc) is 3.31. The second-order valence-corrected chi connectivity index (χ2v) is 12.1. The van der Waals surface area contributed by atoms with Gasteiger partial charge in [-0.05, 0) is 69.7 Å². The molecule has 0 aliphatic carbocycles. The van der Waals surface area contributed by atoms with Crippen LogP contribution in [0.15, 0.2) is 30.3 Å². The van der Waals surface area contributed by atoms with Gasteiger partial charge in [0.2, 0.25) is 0 Å². The molecule has 0 spiro atoms. The van der Waals surface area contributed by atoms with Crippen molar-refractivity contribution in [1.29, 1.82) is 0 Å². The quantitative estimate of drug-likeness (QED) is 0.670. The minimum atomic E-state index is -3.99. The molecule has 4 rings (SSSR count). The van der Waals surface area contributed by atoms with Gasteiger partial charge in [0.15, 0.2) is 0 Å². The Morgan fingerprint density at radius 1 is 1.21 bits per heavy atom. The largest absolute Gasteiger partial charge is 0.351 e. The van der Waals surface area contributed by atoms with E-state index in [1.807, 2.05) is 12.1 Å².